The van der Waals surface area contributed by atoms with Crippen LogP contribution in [0.3, 0.4) is 0 Å². The minimum absolute atomic E-state index is 0.145. The maximum Gasteiger partial charge on any atom is 0.270 e. The first-order valence-corrected chi connectivity index (χ1v) is 13.7. The van der Waals surface area contributed by atoms with Crippen LogP contribution in [-0.2, 0) is 11.4 Å². The van der Waals surface area contributed by atoms with Gasteiger partial charge in [0.1, 0.15) is 6.61 Å². The van der Waals surface area contributed by atoms with E-state index < -0.39 is 0 Å². The fourth-order valence-corrected chi connectivity index (χ4v) is 5.71. The number of ether oxygens (including phenoxy) is 2. The van der Waals surface area contributed by atoms with Crippen LogP contribution in [0.5, 0.6) is 11.5 Å². The van der Waals surface area contributed by atoms with Crippen LogP contribution in [0.25, 0.3) is 6.08 Å². The number of carbonyl (C=O) groups excluding carboxylic acids is 1. The van der Waals surface area contributed by atoms with Crippen molar-refractivity contribution in [3.8, 4) is 11.5 Å². The molecule has 1 heterocycles. The fourth-order valence-electron chi connectivity index (χ4n) is 3.24. The molecule has 0 bridgehead atoms. The molecule has 3 aromatic carbocycles. The van der Waals surface area contributed by atoms with Crippen LogP contribution in [0.1, 0.15) is 18.1 Å². The Kier molecular flexibility index (Phi) is 8.57. The number of amides is 1. The van der Waals surface area contributed by atoms with E-state index in [2.05, 4.69) is 38.5 Å². The first-order valence-electron chi connectivity index (χ1n) is 10.2. The number of hydrogen-bond donors (Lipinski definition) is 0. The van der Waals surface area contributed by atoms with Gasteiger partial charge in [-0.05, 0) is 95.2 Å². The number of anilines is 1. The maximum atomic E-state index is 13.1. The Morgan fingerprint density at radius 3 is 2.50 bits per heavy atom. The molecule has 0 saturated carbocycles. The number of rotatable bonds is 7. The monoisotopic (exact) mass is 685 g/mol. The molecule has 4 nitrogen and oxygen atoms in total. The van der Waals surface area contributed by atoms with Crippen LogP contribution in [0.2, 0.25) is 5.02 Å². The van der Waals surface area contributed by atoms with Crippen molar-refractivity contribution >= 4 is 96.1 Å². The third-order valence-electron chi connectivity index (χ3n) is 4.80. The summed E-state index contributed by atoms with van der Waals surface area (Å²) in [5.41, 5.74) is 2.58. The molecule has 0 aliphatic carbocycles. The smallest absolute Gasteiger partial charge is 0.270 e. The minimum Gasteiger partial charge on any atom is -0.490 e. The normalized spacial score (nSPS) is 14.7. The third kappa shape index (κ3) is 5.96. The summed E-state index contributed by atoms with van der Waals surface area (Å²) in [5, 5.41) is 0.684. The van der Waals surface area contributed by atoms with Gasteiger partial charge in [-0.1, -0.05) is 63.6 Å². The zero-order valence-corrected chi connectivity index (χ0v) is 24.0. The van der Waals surface area contributed by atoms with Gasteiger partial charge in [-0.3, -0.25) is 9.69 Å². The molecule has 0 N–H and O–H groups in total. The standard InChI is InChI=1S/C25H18BrClINO3S2/c1-2-31-21-12-16(11-20(28)23(21)32-14-15-3-7-18(27)8-4-15)13-22-24(30)29(25(33)34-22)19-9-5-17(26)6-10-19/h3-13H,2,14H2,1H3/b22-13+. The van der Waals surface area contributed by atoms with Crippen molar-refractivity contribution in [2.75, 3.05) is 11.5 Å². The number of carbonyl (C=O) groups is 1. The Hall–Kier alpha value is -1.59. The Bertz CT molecular complexity index is 1270. The number of halogens is 3. The van der Waals surface area contributed by atoms with Gasteiger partial charge in [-0.25, -0.2) is 0 Å². The summed E-state index contributed by atoms with van der Waals surface area (Å²) in [6.07, 6.45) is 1.84. The highest BCUT2D eigenvalue weighted by atomic mass is 127. The Labute approximate surface area is 234 Å². The number of thioether (sulfide) groups is 1. The molecule has 9 heteroatoms. The molecule has 1 saturated heterocycles. The molecule has 1 amide bonds. The highest BCUT2D eigenvalue weighted by Gasteiger charge is 2.33. The van der Waals surface area contributed by atoms with Gasteiger partial charge in [0.2, 0.25) is 0 Å². The average molecular weight is 687 g/mol. The quantitative estimate of drug-likeness (QED) is 0.143. The van der Waals surface area contributed by atoms with Crippen LogP contribution in [-0.4, -0.2) is 16.8 Å². The van der Waals surface area contributed by atoms with Crippen molar-refractivity contribution in [3.63, 3.8) is 0 Å². The molecule has 0 radical (unpaired) electrons. The van der Waals surface area contributed by atoms with Crippen molar-refractivity contribution in [3.05, 3.63) is 89.8 Å². The molecule has 1 aliphatic rings. The van der Waals surface area contributed by atoms with Gasteiger partial charge in [-0.2, -0.15) is 0 Å². The second-order valence-electron chi connectivity index (χ2n) is 7.17. The van der Waals surface area contributed by atoms with Crippen molar-refractivity contribution < 1.29 is 14.3 Å². The van der Waals surface area contributed by atoms with E-state index in [0.717, 1.165) is 24.9 Å². The minimum atomic E-state index is -0.145. The summed E-state index contributed by atoms with van der Waals surface area (Å²) >= 11 is 18.4. The molecule has 0 spiro atoms. The van der Waals surface area contributed by atoms with E-state index in [4.69, 9.17) is 33.3 Å². The van der Waals surface area contributed by atoms with Gasteiger partial charge in [-0.15, -0.1) is 0 Å². The summed E-state index contributed by atoms with van der Waals surface area (Å²) in [6.45, 7) is 2.80. The number of hydrogen-bond acceptors (Lipinski definition) is 5. The largest absolute Gasteiger partial charge is 0.490 e. The molecule has 0 aromatic heterocycles. The molecular weight excluding hydrogens is 669 g/mol. The molecule has 0 unspecified atom stereocenters. The van der Waals surface area contributed by atoms with E-state index in [1.165, 1.54) is 11.8 Å². The molecular formula is C25H18BrClINO3S2. The Morgan fingerprint density at radius 1 is 1.12 bits per heavy atom. The van der Waals surface area contributed by atoms with Gasteiger partial charge in [0, 0.05) is 9.50 Å². The Morgan fingerprint density at radius 2 is 1.82 bits per heavy atom. The van der Waals surface area contributed by atoms with Gasteiger partial charge < -0.3 is 9.47 Å². The first-order chi connectivity index (χ1) is 16.4. The van der Waals surface area contributed by atoms with Crippen LogP contribution in [0.15, 0.2) is 70.0 Å². The summed E-state index contributed by atoms with van der Waals surface area (Å²) in [6, 6.07) is 18.9. The highest BCUT2D eigenvalue weighted by molar-refractivity contribution is 14.1. The highest BCUT2D eigenvalue weighted by Crippen LogP contribution is 2.39. The summed E-state index contributed by atoms with van der Waals surface area (Å²) in [7, 11) is 0. The van der Waals surface area contributed by atoms with E-state index in [9.17, 15) is 4.79 Å². The van der Waals surface area contributed by atoms with Crippen LogP contribution >= 0.6 is 74.1 Å². The first kappa shape index (κ1) is 25.5. The van der Waals surface area contributed by atoms with Crippen LogP contribution < -0.4 is 14.4 Å². The summed E-state index contributed by atoms with van der Waals surface area (Å²) in [4.78, 5) is 15.2. The molecule has 4 rings (SSSR count). The summed E-state index contributed by atoms with van der Waals surface area (Å²) < 4.78 is 14.3. The fraction of sp³-hybridized carbons (Fsp3) is 0.120. The number of thiocarbonyl (C=S) groups is 1. The second-order valence-corrected chi connectivity index (χ2v) is 11.4. The lowest BCUT2D eigenvalue weighted by atomic mass is 10.1. The average Bonchev–Trinajstić information content (AvgIpc) is 3.08. The lowest BCUT2D eigenvalue weighted by Crippen LogP contribution is -2.27. The van der Waals surface area contributed by atoms with Gasteiger partial charge in [0.05, 0.1) is 20.8 Å². The lowest BCUT2D eigenvalue weighted by molar-refractivity contribution is -0.113. The molecule has 1 fully saturated rings. The third-order valence-corrected chi connectivity index (χ3v) is 7.69. The van der Waals surface area contributed by atoms with Crippen molar-refractivity contribution in [2.45, 2.75) is 13.5 Å². The molecule has 174 valence electrons. The van der Waals surface area contributed by atoms with E-state index >= 15 is 0 Å². The lowest BCUT2D eigenvalue weighted by Gasteiger charge is -2.15. The Balaban J connectivity index is 1.59. The van der Waals surface area contributed by atoms with Gasteiger partial charge in [0.25, 0.3) is 5.91 Å². The topological polar surface area (TPSA) is 38.8 Å². The zero-order chi connectivity index (χ0) is 24.2. The maximum absolute atomic E-state index is 13.1. The predicted molar refractivity (Wildman–Crippen MR) is 156 cm³/mol. The van der Waals surface area contributed by atoms with E-state index in [1.807, 2.05) is 73.7 Å². The second kappa shape index (κ2) is 11.4. The zero-order valence-electron chi connectivity index (χ0n) is 17.9. The molecule has 3 aromatic rings. The predicted octanol–water partition coefficient (Wildman–Crippen LogP) is 8.09. The van der Waals surface area contributed by atoms with Crippen molar-refractivity contribution in [1.82, 2.24) is 0 Å². The van der Waals surface area contributed by atoms with Gasteiger partial charge >= 0.3 is 0 Å². The number of benzene rings is 3. The molecule has 0 atom stereocenters. The summed E-state index contributed by atoms with van der Waals surface area (Å²) in [5.74, 6) is 1.14. The molecule has 1 aliphatic heterocycles. The van der Waals surface area contributed by atoms with Gasteiger partial charge in [0.15, 0.2) is 15.8 Å². The van der Waals surface area contributed by atoms with E-state index in [1.54, 1.807) is 4.90 Å². The molecule has 34 heavy (non-hydrogen) atoms. The van der Waals surface area contributed by atoms with E-state index in [0.29, 0.717) is 39.0 Å². The number of nitrogens with zero attached hydrogens (tertiary/aromatic N) is 1. The van der Waals surface area contributed by atoms with Crippen molar-refractivity contribution in [2.24, 2.45) is 0 Å². The SMILES string of the molecule is CCOc1cc(/C=C2/SC(=S)N(c3ccc(Br)cc3)C2=O)cc(I)c1OCc1ccc(Cl)cc1. The van der Waals surface area contributed by atoms with Crippen molar-refractivity contribution in [1.29, 1.82) is 0 Å². The van der Waals surface area contributed by atoms with Crippen LogP contribution in [0, 0.1) is 3.57 Å². The van der Waals surface area contributed by atoms with Crippen LogP contribution in [0.4, 0.5) is 5.69 Å². The van der Waals surface area contributed by atoms with E-state index in [-0.39, 0.29) is 5.91 Å².